The Bertz CT molecular complexity index is 786. The van der Waals surface area contributed by atoms with Gasteiger partial charge in [0.25, 0.3) is 5.91 Å². The van der Waals surface area contributed by atoms with Crippen molar-refractivity contribution in [2.45, 2.75) is 6.54 Å². The number of aromatic nitrogens is 4. The van der Waals surface area contributed by atoms with Crippen LogP contribution in [0.25, 0.3) is 11.4 Å². The van der Waals surface area contributed by atoms with Gasteiger partial charge in [-0.2, -0.15) is 4.98 Å². The van der Waals surface area contributed by atoms with Gasteiger partial charge in [-0.3, -0.25) is 4.79 Å². The van der Waals surface area contributed by atoms with Crippen LogP contribution in [0.2, 0.25) is 0 Å². The highest BCUT2D eigenvalue weighted by Crippen LogP contribution is 2.14. The number of hydrogen-bond donors (Lipinski definition) is 1. The highest BCUT2D eigenvalue weighted by molar-refractivity contribution is 5.91. The zero-order valence-corrected chi connectivity index (χ0v) is 12.3. The van der Waals surface area contributed by atoms with Crippen LogP contribution in [0.5, 0.6) is 5.88 Å². The van der Waals surface area contributed by atoms with Crippen LogP contribution in [0.4, 0.5) is 0 Å². The number of ether oxygens (including phenoxy) is 1. The van der Waals surface area contributed by atoms with E-state index in [0.717, 1.165) is 5.56 Å². The van der Waals surface area contributed by atoms with E-state index < -0.39 is 0 Å². The zero-order chi connectivity index (χ0) is 16.1. The van der Waals surface area contributed by atoms with E-state index in [4.69, 9.17) is 9.26 Å². The topological polar surface area (TPSA) is 103 Å². The number of benzene rings is 1. The molecular formula is C15H13N5O3. The predicted molar refractivity (Wildman–Crippen MR) is 79.5 cm³/mol. The molecule has 0 spiro atoms. The summed E-state index contributed by atoms with van der Waals surface area (Å²) in [4.78, 5) is 16.2. The van der Waals surface area contributed by atoms with E-state index in [1.165, 1.54) is 13.2 Å². The molecule has 1 N–H and O–H groups in total. The summed E-state index contributed by atoms with van der Waals surface area (Å²) < 4.78 is 9.99. The number of carbonyl (C=O) groups excluding carboxylic acids is 1. The number of hydrogen-bond acceptors (Lipinski definition) is 7. The van der Waals surface area contributed by atoms with Crippen molar-refractivity contribution < 1.29 is 14.1 Å². The fourth-order valence-corrected chi connectivity index (χ4v) is 1.83. The van der Waals surface area contributed by atoms with E-state index in [-0.39, 0.29) is 18.1 Å². The minimum Gasteiger partial charge on any atom is -0.480 e. The maximum atomic E-state index is 12.0. The number of rotatable bonds is 5. The van der Waals surface area contributed by atoms with E-state index >= 15 is 0 Å². The molecule has 0 saturated heterocycles. The Morgan fingerprint density at radius 1 is 1.17 bits per heavy atom. The molecule has 0 aliphatic heterocycles. The van der Waals surface area contributed by atoms with Crippen LogP contribution in [-0.4, -0.2) is 33.4 Å². The molecule has 0 atom stereocenters. The smallest absolute Gasteiger partial charge is 0.272 e. The van der Waals surface area contributed by atoms with Crippen molar-refractivity contribution in [2.75, 3.05) is 7.11 Å². The van der Waals surface area contributed by atoms with Crippen molar-refractivity contribution in [2.24, 2.45) is 0 Å². The third kappa shape index (κ3) is 3.49. The standard InChI is InChI=1S/C15H13N5O3/c1-22-12-8-7-11(18-19-12)15(21)16-9-13-17-14(20-23-13)10-5-3-2-4-6-10/h2-8H,9H2,1H3,(H,16,21). The first kappa shape index (κ1) is 14.6. The molecule has 0 aliphatic rings. The average molecular weight is 311 g/mol. The first-order chi connectivity index (χ1) is 11.3. The fraction of sp³-hybridized carbons (Fsp3) is 0.133. The van der Waals surface area contributed by atoms with Crippen molar-refractivity contribution >= 4 is 5.91 Å². The zero-order valence-electron chi connectivity index (χ0n) is 12.3. The van der Waals surface area contributed by atoms with Crippen molar-refractivity contribution in [3.8, 4) is 17.3 Å². The molecule has 0 bridgehead atoms. The largest absolute Gasteiger partial charge is 0.480 e. The lowest BCUT2D eigenvalue weighted by Crippen LogP contribution is -2.24. The number of methoxy groups -OCH3 is 1. The van der Waals surface area contributed by atoms with Crippen molar-refractivity contribution in [3.05, 3.63) is 54.0 Å². The number of nitrogens with zero attached hydrogens (tertiary/aromatic N) is 4. The van der Waals surface area contributed by atoms with Gasteiger partial charge in [0.05, 0.1) is 13.7 Å². The molecule has 0 radical (unpaired) electrons. The van der Waals surface area contributed by atoms with Crippen molar-refractivity contribution in [3.63, 3.8) is 0 Å². The van der Waals surface area contributed by atoms with Gasteiger partial charge in [-0.1, -0.05) is 35.5 Å². The van der Waals surface area contributed by atoms with Crippen LogP contribution in [0, 0.1) is 0 Å². The Morgan fingerprint density at radius 3 is 2.70 bits per heavy atom. The SMILES string of the molecule is COc1ccc(C(=O)NCc2nc(-c3ccccc3)no2)nn1. The Labute approximate surface area is 131 Å². The minimum atomic E-state index is -0.389. The first-order valence-corrected chi connectivity index (χ1v) is 6.80. The van der Waals surface area contributed by atoms with Gasteiger partial charge >= 0.3 is 0 Å². The van der Waals surface area contributed by atoms with E-state index in [9.17, 15) is 4.79 Å². The molecular weight excluding hydrogens is 298 g/mol. The lowest BCUT2D eigenvalue weighted by molar-refractivity contribution is 0.0940. The van der Waals surface area contributed by atoms with Gasteiger partial charge in [-0.05, 0) is 6.07 Å². The molecule has 8 heteroatoms. The molecule has 3 rings (SSSR count). The van der Waals surface area contributed by atoms with Crippen LogP contribution in [0.1, 0.15) is 16.4 Å². The molecule has 23 heavy (non-hydrogen) atoms. The van der Waals surface area contributed by atoms with Gasteiger partial charge in [-0.15, -0.1) is 10.2 Å². The second-order valence-corrected chi connectivity index (χ2v) is 4.52. The molecule has 0 saturated carbocycles. The molecule has 1 aromatic carbocycles. The van der Waals surface area contributed by atoms with Gasteiger partial charge in [0.1, 0.15) is 0 Å². The molecule has 3 aromatic rings. The van der Waals surface area contributed by atoms with E-state index in [0.29, 0.717) is 17.6 Å². The number of amides is 1. The van der Waals surface area contributed by atoms with Crippen LogP contribution >= 0.6 is 0 Å². The summed E-state index contributed by atoms with van der Waals surface area (Å²) >= 11 is 0. The van der Waals surface area contributed by atoms with E-state index in [1.807, 2.05) is 30.3 Å². The lowest BCUT2D eigenvalue weighted by Gasteiger charge is -2.01. The molecule has 2 heterocycles. The van der Waals surface area contributed by atoms with E-state index in [2.05, 4.69) is 25.7 Å². The molecule has 1 amide bonds. The van der Waals surface area contributed by atoms with Crippen molar-refractivity contribution in [1.82, 2.24) is 25.7 Å². The number of nitrogens with one attached hydrogen (secondary N) is 1. The van der Waals surface area contributed by atoms with Gasteiger partial charge in [0.15, 0.2) is 5.69 Å². The van der Waals surface area contributed by atoms with Crippen molar-refractivity contribution in [1.29, 1.82) is 0 Å². The molecule has 2 aromatic heterocycles. The molecule has 8 nitrogen and oxygen atoms in total. The fourth-order valence-electron chi connectivity index (χ4n) is 1.83. The Balaban J connectivity index is 1.62. The quantitative estimate of drug-likeness (QED) is 0.761. The normalized spacial score (nSPS) is 10.3. The summed E-state index contributed by atoms with van der Waals surface area (Å²) in [5.74, 6) is 0.725. The second-order valence-electron chi connectivity index (χ2n) is 4.52. The van der Waals surface area contributed by atoms with Gasteiger partial charge in [0, 0.05) is 11.6 Å². The highest BCUT2D eigenvalue weighted by atomic mass is 16.5. The van der Waals surface area contributed by atoms with Crippen LogP contribution in [-0.2, 0) is 6.54 Å². The monoisotopic (exact) mass is 311 g/mol. The Hall–Kier alpha value is -3.29. The van der Waals surface area contributed by atoms with E-state index in [1.54, 1.807) is 6.07 Å². The van der Waals surface area contributed by atoms with Crippen LogP contribution < -0.4 is 10.1 Å². The third-order valence-electron chi connectivity index (χ3n) is 2.98. The first-order valence-electron chi connectivity index (χ1n) is 6.80. The van der Waals surface area contributed by atoms with Crippen LogP contribution in [0.3, 0.4) is 0 Å². The van der Waals surface area contributed by atoms with Crippen LogP contribution in [0.15, 0.2) is 47.0 Å². The third-order valence-corrected chi connectivity index (χ3v) is 2.98. The number of carbonyl (C=O) groups is 1. The molecule has 0 fully saturated rings. The molecule has 0 unspecified atom stereocenters. The van der Waals surface area contributed by atoms with Gasteiger partial charge < -0.3 is 14.6 Å². The summed E-state index contributed by atoms with van der Waals surface area (Å²) in [6, 6.07) is 12.5. The Morgan fingerprint density at radius 2 is 2.00 bits per heavy atom. The lowest BCUT2D eigenvalue weighted by atomic mass is 10.2. The maximum Gasteiger partial charge on any atom is 0.272 e. The second kappa shape index (κ2) is 6.65. The summed E-state index contributed by atoms with van der Waals surface area (Å²) in [5, 5.41) is 14.0. The minimum absolute atomic E-state index is 0.104. The molecule has 116 valence electrons. The summed E-state index contributed by atoms with van der Waals surface area (Å²) in [5.41, 5.74) is 1.02. The predicted octanol–water partition coefficient (Wildman–Crippen LogP) is 1.47. The summed E-state index contributed by atoms with van der Waals surface area (Å²) in [6.07, 6.45) is 0. The average Bonchev–Trinajstić information content (AvgIpc) is 3.09. The summed E-state index contributed by atoms with van der Waals surface area (Å²) in [6.45, 7) is 0.104. The highest BCUT2D eigenvalue weighted by Gasteiger charge is 2.12. The van der Waals surface area contributed by atoms with Gasteiger partial charge in [0.2, 0.25) is 17.6 Å². The van der Waals surface area contributed by atoms with Gasteiger partial charge in [-0.25, -0.2) is 0 Å². The Kier molecular flexibility index (Phi) is 4.23. The molecule has 0 aliphatic carbocycles. The maximum absolute atomic E-state index is 12.0. The summed E-state index contributed by atoms with van der Waals surface area (Å²) in [7, 11) is 1.48.